The Morgan fingerprint density at radius 1 is 1.28 bits per heavy atom. The van der Waals surface area contributed by atoms with Gasteiger partial charge in [0.15, 0.2) is 0 Å². The molecule has 3 N–H and O–H groups in total. The minimum Gasteiger partial charge on any atom is -0.497 e. The number of fused-ring (bicyclic) bond motifs is 1. The summed E-state index contributed by atoms with van der Waals surface area (Å²) < 4.78 is 41.7. The van der Waals surface area contributed by atoms with Gasteiger partial charge < -0.3 is 20.4 Å². The number of hydrogen-bond acceptors (Lipinski definition) is 3. The second-order valence-electron chi connectivity index (χ2n) is 5.36. The van der Waals surface area contributed by atoms with E-state index in [1.807, 2.05) is 0 Å². The number of carbonyl (C=O) groups is 2. The zero-order valence-electron chi connectivity index (χ0n) is 13.7. The molecule has 2 amide bonds. The summed E-state index contributed by atoms with van der Waals surface area (Å²) in [6.45, 7) is -0.0247. The monoisotopic (exact) mass is 357 g/mol. The van der Waals surface area contributed by atoms with Crippen molar-refractivity contribution in [3.8, 4) is 5.75 Å². The molecule has 1 heterocycles. The predicted molar refractivity (Wildman–Crippen MR) is 85.6 cm³/mol. The van der Waals surface area contributed by atoms with E-state index < -0.39 is 18.5 Å². The molecule has 0 aliphatic heterocycles. The molecule has 0 aliphatic rings. The normalized spacial score (nSPS) is 11.4. The number of nitrogens with one attached hydrogen (secondary N) is 3. The lowest BCUT2D eigenvalue weighted by Gasteiger charge is -2.08. The molecular formula is C16H18F3N3O3. The maximum atomic E-state index is 12.2. The van der Waals surface area contributed by atoms with E-state index >= 15 is 0 Å². The number of ether oxygens (including phenoxy) is 1. The van der Waals surface area contributed by atoms with Crippen molar-refractivity contribution in [1.82, 2.24) is 15.6 Å². The Kier molecular flexibility index (Phi) is 5.55. The number of hydrogen-bond donors (Lipinski definition) is 3. The van der Waals surface area contributed by atoms with Crippen molar-refractivity contribution in [2.24, 2.45) is 0 Å². The third-order valence-electron chi connectivity index (χ3n) is 3.63. The van der Waals surface area contributed by atoms with Gasteiger partial charge in [0.05, 0.1) is 7.11 Å². The fraction of sp³-hybridized carbons (Fsp3) is 0.375. The average Bonchev–Trinajstić information content (AvgIpc) is 2.90. The van der Waals surface area contributed by atoms with Crippen molar-refractivity contribution in [2.75, 3.05) is 20.7 Å². The molecule has 1 aromatic carbocycles. The third-order valence-corrected chi connectivity index (χ3v) is 3.63. The molecule has 6 nitrogen and oxygen atoms in total. The molecule has 0 fully saturated rings. The van der Waals surface area contributed by atoms with Crippen LogP contribution < -0.4 is 15.4 Å². The number of halogens is 3. The van der Waals surface area contributed by atoms with Crippen LogP contribution in [0, 0.1) is 0 Å². The molecule has 0 spiro atoms. The Balaban J connectivity index is 2.22. The quantitative estimate of drug-likeness (QED) is 0.741. The van der Waals surface area contributed by atoms with Crippen molar-refractivity contribution in [1.29, 1.82) is 0 Å². The summed E-state index contributed by atoms with van der Waals surface area (Å²) >= 11 is 0. The second kappa shape index (κ2) is 7.45. The van der Waals surface area contributed by atoms with Crippen LogP contribution in [0.2, 0.25) is 0 Å². The highest BCUT2D eigenvalue weighted by Crippen LogP contribution is 2.27. The fourth-order valence-corrected chi connectivity index (χ4v) is 2.50. The number of aromatic amines is 1. The topological polar surface area (TPSA) is 83.2 Å². The van der Waals surface area contributed by atoms with Crippen molar-refractivity contribution in [3.63, 3.8) is 0 Å². The molecule has 0 saturated heterocycles. The van der Waals surface area contributed by atoms with Gasteiger partial charge in [-0.15, -0.1) is 0 Å². The summed E-state index contributed by atoms with van der Waals surface area (Å²) in [6, 6.07) is 5.19. The molecule has 136 valence electrons. The molecule has 0 radical (unpaired) electrons. The van der Waals surface area contributed by atoms with Crippen molar-refractivity contribution >= 4 is 22.7 Å². The summed E-state index contributed by atoms with van der Waals surface area (Å²) in [5.41, 5.74) is 1.59. The van der Waals surface area contributed by atoms with Crippen LogP contribution in [0.4, 0.5) is 13.2 Å². The smallest absolute Gasteiger partial charge is 0.397 e. The summed E-state index contributed by atoms with van der Waals surface area (Å²) in [7, 11) is 2.98. The van der Waals surface area contributed by atoms with Gasteiger partial charge in [0.1, 0.15) is 17.9 Å². The average molecular weight is 357 g/mol. The fourth-order valence-electron chi connectivity index (χ4n) is 2.50. The van der Waals surface area contributed by atoms with Crippen LogP contribution in [0.25, 0.3) is 10.9 Å². The maximum absolute atomic E-state index is 12.2. The first-order valence-corrected chi connectivity index (χ1v) is 7.49. The second-order valence-corrected chi connectivity index (χ2v) is 5.36. The van der Waals surface area contributed by atoms with Crippen molar-refractivity contribution in [3.05, 3.63) is 29.5 Å². The molecule has 1 aromatic heterocycles. The van der Waals surface area contributed by atoms with E-state index in [1.54, 1.807) is 18.2 Å². The molecule has 25 heavy (non-hydrogen) atoms. The van der Waals surface area contributed by atoms with Gasteiger partial charge in [0.25, 0.3) is 5.91 Å². The van der Waals surface area contributed by atoms with Gasteiger partial charge in [0.2, 0.25) is 5.91 Å². The Labute approximate surface area is 141 Å². The molecule has 0 atom stereocenters. The maximum Gasteiger partial charge on any atom is 0.397 e. The van der Waals surface area contributed by atoms with E-state index in [-0.39, 0.29) is 18.9 Å². The van der Waals surface area contributed by atoms with Crippen LogP contribution in [-0.4, -0.2) is 43.7 Å². The SMILES string of the molecule is CNC(=O)c1[nH]c2ccc(OC)cc2c1CCNC(=O)CC(F)(F)F. The van der Waals surface area contributed by atoms with Crippen LogP contribution in [0.3, 0.4) is 0 Å². The number of rotatable bonds is 6. The summed E-state index contributed by atoms with van der Waals surface area (Å²) in [4.78, 5) is 26.3. The molecular weight excluding hydrogens is 339 g/mol. The summed E-state index contributed by atoms with van der Waals surface area (Å²) in [5, 5.41) is 5.43. The Bertz CT molecular complexity index is 784. The molecule has 0 saturated carbocycles. The van der Waals surface area contributed by atoms with Gasteiger partial charge in [-0.3, -0.25) is 9.59 Å². The van der Waals surface area contributed by atoms with E-state index in [1.165, 1.54) is 14.2 Å². The van der Waals surface area contributed by atoms with Crippen LogP contribution >= 0.6 is 0 Å². The first kappa shape index (κ1) is 18.6. The van der Waals surface area contributed by atoms with Gasteiger partial charge in [0, 0.05) is 24.5 Å². The van der Waals surface area contributed by atoms with Gasteiger partial charge in [-0.05, 0) is 30.2 Å². The Morgan fingerprint density at radius 3 is 2.60 bits per heavy atom. The molecule has 9 heteroatoms. The molecule has 0 bridgehead atoms. The zero-order chi connectivity index (χ0) is 18.6. The highest BCUT2D eigenvalue weighted by molar-refractivity contribution is 6.01. The molecule has 2 rings (SSSR count). The largest absolute Gasteiger partial charge is 0.497 e. The van der Waals surface area contributed by atoms with Crippen molar-refractivity contribution < 1.29 is 27.5 Å². The van der Waals surface area contributed by atoms with Gasteiger partial charge in [-0.2, -0.15) is 13.2 Å². The van der Waals surface area contributed by atoms with Crippen LogP contribution in [-0.2, 0) is 11.2 Å². The van der Waals surface area contributed by atoms with E-state index in [0.29, 0.717) is 27.9 Å². The first-order chi connectivity index (χ1) is 11.7. The number of benzene rings is 1. The number of methoxy groups -OCH3 is 1. The number of H-pyrrole nitrogens is 1. The molecule has 2 aromatic rings. The van der Waals surface area contributed by atoms with Gasteiger partial charge in [-0.1, -0.05) is 0 Å². The minimum absolute atomic E-state index is 0.0247. The number of amides is 2. The van der Waals surface area contributed by atoms with E-state index in [2.05, 4.69) is 15.6 Å². The summed E-state index contributed by atoms with van der Waals surface area (Å²) in [6.07, 6.45) is -5.89. The van der Waals surface area contributed by atoms with E-state index in [4.69, 9.17) is 4.74 Å². The van der Waals surface area contributed by atoms with Crippen LogP contribution in [0.1, 0.15) is 22.5 Å². The first-order valence-electron chi connectivity index (χ1n) is 7.49. The lowest BCUT2D eigenvalue weighted by atomic mass is 10.1. The lowest BCUT2D eigenvalue weighted by Crippen LogP contribution is -2.30. The Hall–Kier alpha value is -2.71. The van der Waals surface area contributed by atoms with Gasteiger partial charge in [-0.25, -0.2) is 0 Å². The lowest BCUT2D eigenvalue weighted by molar-refractivity contribution is -0.153. The standard InChI is InChI=1S/C16H18F3N3O3/c1-20-15(24)14-10(5-6-21-13(23)8-16(17,18)19)11-7-9(25-2)3-4-12(11)22-14/h3-4,7,22H,5-6,8H2,1-2H3,(H,20,24)(H,21,23). The number of alkyl halides is 3. The van der Waals surface area contributed by atoms with Gasteiger partial charge >= 0.3 is 6.18 Å². The highest BCUT2D eigenvalue weighted by Gasteiger charge is 2.31. The number of aromatic nitrogens is 1. The molecule has 0 unspecified atom stereocenters. The predicted octanol–water partition coefficient (Wildman–Crippen LogP) is 2.15. The number of carbonyl (C=O) groups excluding carboxylic acids is 2. The van der Waals surface area contributed by atoms with Crippen LogP contribution in [0.5, 0.6) is 5.75 Å². The van der Waals surface area contributed by atoms with E-state index in [9.17, 15) is 22.8 Å². The highest BCUT2D eigenvalue weighted by atomic mass is 19.4. The minimum atomic E-state index is -4.55. The van der Waals surface area contributed by atoms with Crippen LogP contribution in [0.15, 0.2) is 18.2 Å². The third kappa shape index (κ3) is 4.65. The molecule has 0 aliphatic carbocycles. The van der Waals surface area contributed by atoms with E-state index in [0.717, 1.165) is 0 Å². The summed E-state index contributed by atoms with van der Waals surface area (Å²) in [5.74, 6) is -0.879. The zero-order valence-corrected chi connectivity index (χ0v) is 13.7. The van der Waals surface area contributed by atoms with Crippen molar-refractivity contribution in [2.45, 2.75) is 19.0 Å². The Morgan fingerprint density at radius 2 is 2.00 bits per heavy atom.